The van der Waals surface area contributed by atoms with Crippen LogP contribution >= 0.6 is 0 Å². The Balaban J connectivity index is 1.45. The summed E-state index contributed by atoms with van der Waals surface area (Å²) in [6, 6.07) is 9.44. The lowest BCUT2D eigenvalue weighted by molar-refractivity contribution is -0.135. The Bertz CT molecular complexity index is 791. The van der Waals surface area contributed by atoms with Gasteiger partial charge in [0.15, 0.2) is 0 Å². The number of piperazine rings is 1. The van der Waals surface area contributed by atoms with Crippen LogP contribution in [-0.4, -0.2) is 64.5 Å². The van der Waals surface area contributed by atoms with E-state index >= 15 is 0 Å². The van der Waals surface area contributed by atoms with Gasteiger partial charge in [-0.2, -0.15) is 4.98 Å². The van der Waals surface area contributed by atoms with Crippen LogP contribution in [-0.2, 0) is 9.59 Å². The van der Waals surface area contributed by atoms with E-state index in [0.717, 1.165) is 18.4 Å². The van der Waals surface area contributed by atoms with Crippen LogP contribution in [0.5, 0.6) is 0 Å². The lowest BCUT2D eigenvalue weighted by Crippen LogP contribution is -2.51. The van der Waals surface area contributed by atoms with Crippen molar-refractivity contribution in [1.29, 1.82) is 0 Å². The van der Waals surface area contributed by atoms with Gasteiger partial charge in [0.05, 0.1) is 13.1 Å². The van der Waals surface area contributed by atoms with Gasteiger partial charge in [0.1, 0.15) is 6.04 Å². The van der Waals surface area contributed by atoms with Crippen molar-refractivity contribution in [3.05, 3.63) is 36.2 Å². The zero-order chi connectivity index (χ0) is 17.9. The number of carbonyl (C=O) groups excluding carboxylic acids is 2. The van der Waals surface area contributed by atoms with Gasteiger partial charge in [-0.1, -0.05) is 35.5 Å². The molecule has 0 bridgehead atoms. The molecule has 0 saturated carbocycles. The van der Waals surface area contributed by atoms with Gasteiger partial charge >= 0.3 is 0 Å². The van der Waals surface area contributed by atoms with Crippen molar-refractivity contribution in [3.8, 4) is 11.4 Å². The van der Waals surface area contributed by atoms with Crippen molar-refractivity contribution in [2.45, 2.75) is 18.9 Å². The maximum atomic E-state index is 12.7. The van der Waals surface area contributed by atoms with Crippen LogP contribution in [0, 0.1) is 0 Å². The number of likely N-dealkylation sites (tertiary alicyclic amines) is 1. The van der Waals surface area contributed by atoms with Gasteiger partial charge in [0, 0.05) is 25.2 Å². The molecule has 2 saturated heterocycles. The molecule has 26 heavy (non-hydrogen) atoms. The summed E-state index contributed by atoms with van der Waals surface area (Å²) in [5, 5.41) is 6.83. The van der Waals surface area contributed by atoms with Gasteiger partial charge in [0.25, 0.3) is 0 Å². The molecule has 0 spiro atoms. The van der Waals surface area contributed by atoms with Crippen molar-refractivity contribution in [1.82, 2.24) is 25.3 Å². The van der Waals surface area contributed by atoms with Gasteiger partial charge in [-0.3, -0.25) is 14.5 Å². The fourth-order valence-electron chi connectivity index (χ4n) is 3.51. The second-order valence-electron chi connectivity index (χ2n) is 6.63. The van der Waals surface area contributed by atoms with Crippen LogP contribution in [0.1, 0.15) is 24.8 Å². The number of hydrogen-bond acceptors (Lipinski definition) is 6. The second kappa shape index (κ2) is 7.25. The molecule has 0 radical (unpaired) electrons. The number of rotatable bonds is 4. The quantitative estimate of drug-likeness (QED) is 0.874. The van der Waals surface area contributed by atoms with Crippen molar-refractivity contribution in [2.24, 2.45) is 0 Å². The van der Waals surface area contributed by atoms with Crippen LogP contribution in [0.4, 0.5) is 0 Å². The summed E-state index contributed by atoms with van der Waals surface area (Å²) >= 11 is 0. The molecule has 3 heterocycles. The Labute approximate surface area is 151 Å². The smallest absolute Gasteiger partial charge is 0.249 e. The minimum Gasteiger partial charge on any atom is -0.354 e. The van der Waals surface area contributed by atoms with E-state index in [1.165, 1.54) is 0 Å². The van der Waals surface area contributed by atoms with E-state index in [4.69, 9.17) is 4.52 Å². The van der Waals surface area contributed by atoms with Gasteiger partial charge in [-0.05, 0) is 12.8 Å². The van der Waals surface area contributed by atoms with Crippen LogP contribution in [0.3, 0.4) is 0 Å². The molecule has 4 rings (SSSR count). The molecule has 1 atom stereocenters. The first-order valence-electron chi connectivity index (χ1n) is 8.88. The number of carbonyl (C=O) groups is 2. The number of nitrogens with zero attached hydrogens (tertiary/aromatic N) is 4. The molecule has 1 N–H and O–H groups in total. The van der Waals surface area contributed by atoms with E-state index in [2.05, 4.69) is 15.5 Å². The molecule has 2 amide bonds. The van der Waals surface area contributed by atoms with Gasteiger partial charge < -0.3 is 14.7 Å². The number of nitrogens with one attached hydrogen (secondary N) is 1. The third-order valence-corrected chi connectivity index (χ3v) is 4.81. The van der Waals surface area contributed by atoms with Crippen LogP contribution < -0.4 is 5.32 Å². The standard InChI is InChI=1S/C18H21N5O3/c24-15-11-22(10-8-19-15)12-16(25)23-9-4-7-14(23)18-20-17(21-26-18)13-5-2-1-3-6-13/h1-3,5-6,14H,4,7-12H2,(H,19,24)/t14-/m1/s1. The molecule has 8 nitrogen and oxygen atoms in total. The molecule has 2 aromatic rings. The molecular weight excluding hydrogens is 334 g/mol. The topological polar surface area (TPSA) is 91.6 Å². The normalized spacial score (nSPS) is 21.0. The molecule has 0 aliphatic carbocycles. The maximum Gasteiger partial charge on any atom is 0.249 e. The van der Waals surface area contributed by atoms with Crippen LogP contribution in [0.15, 0.2) is 34.9 Å². The summed E-state index contributed by atoms with van der Waals surface area (Å²) < 4.78 is 5.46. The Morgan fingerprint density at radius 2 is 2.12 bits per heavy atom. The van der Waals surface area contributed by atoms with Gasteiger partial charge in [-0.25, -0.2) is 0 Å². The summed E-state index contributed by atoms with van der Waals surface area (Å²) in [6.07, 6.45) is 1.71. The van der Waals surface area contributed by atoms with E-state index in [-0.39, 0.29) is 30.9 Å². The molecular formula is C18H21N5O3. The summed E-state index contributed by atoms with van der Waals surface area (Å²) in [6.45, 7) is 2.45. The summed E-state index contributed by atoms with van der Waals surface area (Å²) in [7, 11) is 0. The van der Waals surface area contributed by atoms with E-state index in [1.807, 2.05) is 35.2 Å². The molecule has 1 aromatic heterocycles. The highest BCUT2D eigenvalue weighted by Gasteiger charge is 2.35. The van der Waals surface area contributed by atoms with E-state index in [0.29, 0.717) is 31.3 Å². The first-order valence-corrected chi connectivity index (χ1v) is 8.88. The highest BCUT2D eigenvalue weighted by molar-refractivity contribution is 5.82. The highest BCUT2D eigenvalue weighted by atomic mass is 16.5. The first kappa shape index (κ1) is 16.7. The molecule has 2 aliphatic heterocycles. The van der Waals surface area contributed by atoms with E-state index in [9.17, 15) is 9.59 Å². The summed E-state index contributed by atoms with van der Waals surface area (Å²) in [5.74, 6) is 0.978. The zero-order valence-electron chi connectivity index (χ0n) is 14.4. The predicted molar refractivity (Wildman–Crippen MR) is 92.9 cm³/mol. The summed E-state index contributed by atoms with van der Waals surface area (Å²) in [4.78, 5) is 32.4. The second-order valence-corrected chi connectivity index (χ2v) is 6.63. The Hall–Kier alpha value is -2.74. The van der Waals surface area contributed by atoms with Crippen LogP contribution in [0.2, 0.25) is 0 Å². The Morgan fingerprint density at radius 3 is 2.92 bits per heavy atom. The van der Waals surface area contributed by atoms with Gasteiger partial charge in [0.2, 0.25) is 23.5 Å². The maximum absolute atomic E-state index is 12.7. The fraction of sp³-hybridized carbons (Fsp3) is 0.444. The average molecular weight is 355 g/mol. The lowest BCUT2D eigenvalue weighted by atomic mass is 10.2. The minimum absolute atomic E-state index is 0.00154. The molecule has 0 unspecified atom stereocenters. The Morgan fingerprint density at radius 1 is 1.27 bits per heavy atom. The van der Waals surface area contributed by atoms with Crippen LogP contribution in [0.25, 0.3) is 11.4 Å². The number of benzene rings is 1. The third kappa shape index (κ3) is 3.45. The van der Waals surface area contributed by atoms with E-state index < -0.39 is 0 Å². The zero-order valence-corrected chi connectivity index (χ0v) is 14.4. The first-order chi connectivity index (χ1) is 12.7. The SMILES string of the molecule is O=C1CN(CC(=O)N2CCC[C@@H]2c2nc(-c3ccccc3)no2)CCN1. The molecule has 2 fully saturated rings. The molecule has 2 aliphatic rings. The fourth-order valence-corrected chi connectivity index (χ4v) is 3.51. The lowest BCUT2D eigenvalue weighted by Gasteiger charge is -2.29. The van der Waals surface area contributed by atoms with Gasteiger partial charge in [-0.15, -0.1) is 0 Å². The minimum atomic E-state index is -0.189. The number of amides is 2. The number of aromatic nitrogens is 2. The molecule has 1 aromatic carbocycles. The summed E-state index contributed by atoms with van der Waals surface area (Å²) in [5.41, 5.74) is 0.887. The van der Waals surface area contributed by atoms with Crippen molar-refractivity contribution < 1.29 is 14.1 Å². The van der Waals surface area contributed by atoms with Crippen molar-refractivity contribution in [3.63, 3.8) is 0 Å². The largest absolute Gasteiger partial charge is 0.354 e. The Kier molecular flexibility index (Phi) is 4.66. The third-order valence-electron chi connectivity index (χ3n) is 4.81. The highest BCUT2D eigenvalue weighted by Crippen LogP contribution is 2.32. The van der Waals surface area contributed by atoms with E-state index in [1.54, 1.807) is 4.90 Å². The van der Waals surface area contributed by atoms with Crippen molar-refractivity contribution >= 4 is 11.8 Å². The monoisotopic (exact) mass is 355 g/mol. The van der Waals surface area contributed by atoms with Crippen molar-refractivity contribution in [2.75, 3.05) is 32.7 Å². The molecule has 136 valence electrons. The molecule has 8 heteroatoms. The average Bonchev–Trinajstić information content (AvgIpc) is 3.32. The number of hydrogen-bond donors (Lipinski definition) is 1. The predicted octanol–water partition coefficient (Wildman–Crippen LogP) is 0.832.